The van der Waals surface area contributed by atoms with E-state index in [1.54, 1.807) is 43.9 Å². The van der Waals surface area contributed by atoms with Crippen LogP contribution in [0.1, 0.15) is 27.7 Å². The highest BCUT2D eigenvalue weighted by molar-refractivity contribution is 6.31. The van der Waals surface area contributed by atoms with Crippen LogP contribution in [0.4, 0.5) is 25.5 Å². The van der Waals surface area contributed by atoms with Gasteiger partial charge in [0.2, 0.25) is 0 Å². The molecule has 1 aliphatic rings. The molecule has 0 bridgehead atoms. The third kappa shape index (κ3) is 5.99. The number of nitrogens with one attached hydrogen (secondary N) is 1. The summed E-state index contributed by atoms with van der Waals surface area (Å²) in [6.45, 7) is 8.07. The highest BCUT2D eigenvalue weighted by Crippen LogP contribution is 2.36. The van der Waals surface area contributed by atoms with Gasteiger partial charge in [-0.2, -0.15) is 0 Å². The number of aromatic nitrogens is 2. The Bertz CT molecular complexity index is 1370. The van der Waals surface area contributed by atoms with Crippen LogP contribution in [0.5, 0.6) is 11.5 Å². The van der Waals surface area contributed by atoms with E-state index in [9.17, 15) is 14.0 Å². The fraction of sp³-hybridized carbons (Fsp3) is 0.385. The number of fused-ring (bicyclic) bond motifs is 1. The van der Waals surface area contributed by atoms with Crippen LogP contribution in [0, 0.1) is 5.82 Å². The normalized spacial score (nSPS) is 15.8. The van der Waals surface area contributed by atoms with Gasteiger partial charge < -0.3 is 29.3 Å². The molecule has 2 amide bonds. The molecule has 12 heteroatoms. The Balaban J connectivity index is 1.54. The predicted molar refractivity (Wildman–Crippen MR) is 141 cm³/mol. The predicted octanol–water partition coefficient (Wildman–Crippen LogP) is 5.61. The van der Waals surface area contributed by atoms with E-state index < -0.39 is 23.6 Å². The molecule has 0 spiro atoms. The molecule has 1 saturated heterocycles. The van der Waals surface area contributed by atoms with Gasteiger partial charge in [-0.15, -0.1) is 0 Å². The second-order valence-electron chi connectivity index (χ2n) is 9.81. The molecule has 1 unspecified atom stereocenters. The quantitative estimate of drug-likeness (QED) is 0.450. The summed E-state index contributed by atoms with van der Waals surface area (Å²) >= 11 is 5.90. The summed E-state index contributed by atoms with van der Waals surface area (Å²) in [5.41, 5.74) is 0.0000359. The summed E-state index contributed by atoms with van der Waals surface area (Å²) in [6, 6.07) is 7.45. The fourth-order valence-corrected chi connectivity index (χ4v) is 4.18. The lowest BCUT2D eigenvalue weighted by Gasteiger charge is -2.39. The van der Waals surface area contributed by atoms with E-state index in [1.807, 2.05) is 6.92 Å². The maximum Gasteiger partial charge on any atom is 0.415 e. The summed E-state index contributed by atoms with van der Waals surface area (Å²) in [6.07, 6.45) is 0.292. The highest BCUT2D eigenvalue weighted by Gasteiger charge is 2.33. The van der Waals surface area contributed by atoms with Gasteiger partial charge in [-0.1, -0.05) is 17.7 Å². The van der Waals surface area contributed by atoms with Crippen LogP contribution in [0.25, 0.3) is 10.9 Å². The average molecular weight is 546 g/mol. The first kappa shape index (κ1) is 27.2. The Kier molecular flexibility index (Phi) is 7.77. The average Bonchev–Trinajstić information content (AvgIpc) is 2.85. The summed E-state index contributed by atoms with van der Waals surface area (Å²) in [7, 11) is 1.45. The zero-order valence-corrected chi connectivity index (χ0v) is 22.5. The number of amides is 2. The number of hydrogen-bond acceptors (Lipinski definition) is 8. The number of ether oxygens (including phenoxy) is 3. The van der Waals surface area contributed by atoms with Crippen molar-refractivity contribution in [3.8, 4) is 11.5 Å². The standard InChI is InChI=1S/C26H29ClFN5O5/c1-15-13-32(9-10-33(15)25(35)38-26(2,3)4)24(34)37-21-11-16-19(12-20(21)36-5)29-14-30-23(16)31-18-8-6-7-17(27)22(18)28/h6-8,11-12,14-15H,9-10,13H2,1-5H3,(H,29,30,31). The summed E-state index contributed by atoms with van der Waals surface area (Å²) in [5, 5.41) is 3.36. The topological polar surface area (TPSA) is 106 Å². The van der Waals surface area contributed by atoms with Gasteiger partial charge >= 0.3 is 12.2 Å². The van der Waals surface area contributed by atoms with E-state index in [4.69, 9.17) is 25.8 Å². The van der Waals surface area contributed by atoms with E-state index in [0.29, 0.717) is 17.4 Å². The molecule has 202 valence electrons. The van der Waals surface area contributed by atoms with Crippen molar-refractivity contribution in [1.82, 2.24) is 19.8 Å². The van der Waals surface area contributed by atoms with Crippen molar-refractivity contribution < 1.29 is 28.2 Å². The minimum Gasteiger partial charge on any atom is -0.493 e. The van der Waals surface area contributed by atoms with E-state index in [2.05, 4.69) is 15.3 Å². The lowest BCUT2D eigenvalue weighted by atomic mass is 10.2. The van der Waals surface area contributed by atoms with Crippen LogP contribution in [-0.2, 0) is 4.74 Å². The van der Waals surface area contributed by atoms with Crippen molar-refractivity contribution in [2.45, 2.75) is 39.3 Å². The van der Waals surface area contributed by atoms with Crippen LogP contribution in [0.15, 0.2) is 36.7 Å². The molecule has 1 N–H and O–H groups in total. The molecule has 2 aromatic carbocycles. The molecule has 0 aliphatic carbocycles. The molecule has 0 radical (unpaired) electrons. The van der Waals surface area contributed by atoms with Crippen molar-refractivity contribution >= 4 is 46.2 Å². The monoisotopic (exact) mass is 545 g/mol. The number of carbonyl (C=O) groups excluding carboxylic acids is 2. The second kappa shape index (κ2) is 10.9. The van der Waals surface area contributed by atoms with Gasteiger partial charge in [-0.05, 0) is 45.9 Å². The molecule has 1 aromatic heterocycles. The maximum atomic E-state index is 14.5. The summed E-state index contributed by atoms with van der Waals surface area (Å²) in [4.78, 5) is 37.2. The molecule has 3 aromatic rings. The van der Waals surface area contributed by atoms with Gasteiger partial charge in [0.1, 0.15) is 17.7 Å². The Hall–Kier alpha value is -3.86. The Morgan fingerprint density at radius 2 is 1.89 bits per heavy atom. The van der Waals surface area contributed by atoms with Crippen molar-refractivity contribution in [2.24, 2.45) is 0 Å². The number of benzene rings is 2. The maximum absolute atomic E-state index is 14.5. The molecule has 2 heterocycles. The van der Waals surface area contributed by atoms with Crippen LogP contribution >= 0.6 is 11.6 Å². The first-order valence-electron chi connectivity index (χ1n) is 12.0. The molecule has 1 aliphatic heterocycles. The number of rotatable bonds is 4. The first-order valence-corrected chi connectivity index (χ1v) is 12.3. The van der Waals surface area contributed by atoms with Crippen molar-refractivity contribution in [1.29, 1.82) is 0 Å². The van der Waals surface area contributed by atoms with Crippen molar-refractivity contribution in [3.05, 3.63) is 47.5 Å². The van der Waals surface area contributed by atoms with Crippen molar-refractivity contribution in [2.75, 3.05) is 32.1 Å². The summed E-state index contributed by atoms with van der Waals surface area (Å²) < 4.78 is 31.1. The van der Waals surface area contributed by atoms with Crippen LogP contribution in [-0.4, -0.2) is 70.3 Å². The van der Waals surface area contributed by atoms with E-state index >= 15 is 0 Å². The first-order chi connectivity index (χ1) is 18.0. The number of nitrogens with zero attached hydrogens (tertiary/aromatic N) is 4. The van der Waals surface area contributed by atoms with Gasteiger partial charge in [-0.3, -0.25) is 0 Å². The van der Waals surface area contributed by atoms with Gasteiger partial charge in [0.25, 0.3) is 0 Å². The number of methoxy groups -OCH3 is 1. The number of anilines is 2. The minimum absolute atomic E-state index is 0.0364. The molecule has 4 rings (SSSR count). The van der Waals surface area contributed by atoms with Crippen LogP contribution in [0.2, 0.25) is 5.02 Å². The van der Waals surface area contributed by atoms with Gasteiger partial charge in [0, 0.05) is 31.1 Å². The minimum atomic E-state index is -0.624. The number of piperazine rings is 1. The molecule has 1 atom stereocenters. The third-order valence-corrected chi connectivity index (χ3v) is 6.13. The van der Waals surface area contributed by atoms with Crippen molar-refractivity contribution in [3.63, 3.8) is 0 Å². The smallest absolute Gasteiger partial charge is 0.415 e. The zero-order valence-electron chi connectivity index (χ0n) is 21.7. The Labute approximate surface area is 224 Å². The third-order valence-electron chi connectivity index (χ3n) is 5.84. The van der Waals surface area contributed by atoms with Gasteiger partial charge in [-0.25, -0.2) is 23.9 Å². The van der Waals surface area contributed by atoms with Gasteiger partial charge in [0.05, 0.1) is 29.4 Å². The molecule has 38 heavy (non-hydrogen) atoms. The number of carbonyl (C=O) groups is 2. The molecular formula is C26H29ClFN5O5. The van der Waals surface area contributed by atoms with Gasteiger partial charge in [0.15, 0.2) is 17.3 Å². The van der Waals surface area contributed by atoms with Crippen LogP contribution < -0.4 is 14.8 Å². The SMILES string of the molecule is COc1cc2ncnc(Nc3cccc(Cl)c3F)c2cc1OC(=O)N1CCN(C(=O)OC(C)(C)C)C(C)C1. The lowest BCUT2D eigenvalue weighted by Crippen LogP contribution is -2.56. The molecule has 10 nitrogen and oxygen atoms in total. The molecule has 1 fully saturated rings. The Morgan fingerprint density at radius 3 is 2.58 bits per heavy atom. The Morgan fingerprint density at radius 1 is 1.13 bits per heavy atom. The molecular weight excluding hydrogens is 517 g/mol. The van der Waals surface area contributed by atoms with E-state index in [0.717, 1.165) is 0 Å². The van der Waals surface area contributed by atoms with E-state index in [-0.39, 0.29) is 47.2 Å². The largest absolute Gasteiger partial charge is 0.493 e. The zero-order chi connectivity index (χ0) is 27.6. The highest BCUT2D eigenvalue weighted by atomic mass is 35.5. The summed E-state index contributed by atoms with van der Waals surface area (Å²) in [5.74, 6) is 0.0815. The fourth-order valence-electron chi connectivity index (χ4n) is 4.00. The lowest BCUT2D eigenvalue weighted by molar-refractivity contribution is 0.00314. The number of halogens is 2. The second-order valence-corrected chi connectivity index (χ2v) is 10.2. The van der Waals surface area contributed by atoms with E-state index in [1.165, 1.54) is 30.5 Å². The number of hydrogen-bond donors (Lipinski definition) is 1. The molecule has 0 saturated carbocycles. The van der Waals surface area contributed by atoms with Crippen LogP contribution in [0.3, 0.4) is 0 Å².